The Kier molecular flexibility index (Phi) is 6.43. The van der Waals surface area contributed by atoms with Gasteiger partial charge in [0.1, 0.15) is 11.8 Å². The van der Waals surface area contributed by atoms with E-state index in [0.717, 1.165) is 10.0 Å². The lowest BCUT2D eigenvalue weighted by Crippen LogP contribution is -2.40. The van der Waals surface area contributed by atoms with Crippen molar-refractivity contribution in [3.05, 3.63) is 95.1 Å². The molecule has 2 aromatic carbocycles. The number of methoxy groups -OCH3 is 1. The summed E-state index contributed by atoms with van der Waals surface area (Å²) in [5, 5.41) is 0. The molecule has 1 aromatic heterocycles. The van der Waals surface area contributed by atoms with E-state index >= 15 is 0 Å². The van der Waals surface area contributed by atoms with Gasteiger partial charge in [0.15, 0.2) is 4.80 Å². The summed E-state index contributed by atoms with van der Waals surface area (Å²) >= 11 is 4.72. The quantitative estimate of drug-likeness (QED) is 0.490. The highest BCUT2D eigenvalue weighted by molar-refractivity contribution is 9.10. The predicted molar refractivity (Wildman–Crippen MR) is 128 cm³/mol. The zero-order chi connectivity index (χ0) is 22.8. The van der Waals surface area contributed by atoms with Crippen molar-refractivity contribution < 1.29 is 14.3 Å². The number of benzene rings is 2. The van der Waals surface area contributed by atoms with Gasteiger partial charge in [-0.05, 0) is 43.7 Å². The van der Waals surface area contributed by atoms with Crippen molar-refractivity contribution >= 4 is 39.3 Å². The van der Waals surface area contributed by atoms with E-state index in [1.54, 1.807) is 25.5 Å². The number of carbonyl (C=O) groups is 1. The van der Waals surface area contributed by atoms with Gasteiger partial charge in [-0.25, -0.2) is 9.79 Å². The van der Waals surface area contributed by atoms with Gasteiger partial charge in [0.05, 0.1) is 29.5 Å². The number of thiazole rings is 1. The van der Waals surface area contributed by atoms with E-state index in [4.69, 9.17) is 9.47 Å². The first-order valence-electron chi connectivity index (χ1n) is 10.0. The molecule has 0 bridgehead atoms. The van der Waals surface area contributed by atoms with Crippen molar-refractivity contribution in [3.63, 3.8) is 0 Å². The molecule has 164 valence electrons. The lowest BCUT2D eigenvalue weighted by Gasteiger charge is -2.25. The zero-order valence-corrected chi connectivity index (χ0v) is 20.2. The van der Waals surface area contributed by atoms with Crippen molar-refractivity contribution in [1.82, 2.24) is 4.57 Å². The summed E-state index contributed by atoms with van der Waals surface area (Å²) in [6.45, 7) is 3.74. The molecule has 1 unspecified atom stereocenters. The van der Waals surface area contributed by atoms with Gasteiger partial charge in [-0.1, -0.05) is 57.6 Å². The summed E-state index contributed by atoms with van der Waals surface area (Å²) in [6.07, 6.45) is 1.83. The van der Waals surface area contributed by atoms with Gasteiger partial charge in [0.25, 0.3) is 5.56 Å². The van der Waals surface area contributed by atoms with Crippen molar-refractivity contribution in [1.29, 1.82) is 0 Å². The van der Waals surface area contributed by atoms with E-state index in [2.05, 4.69) is 20.9 Å². The number of carbonyl (C=O) groups excluding carboxylic acids is 1. The van der Waals surface area contributed by atoms with Crippen LogP contribution in [0.25, 0.3) is 6.08 Å². The van der Waals surface area contributed by atoms with Crippen LogP contribution >= 0.6 is 27.3 Å². The van der Waals surface area contributed by atoms with Gasteiger partial charge < -0.3 is 9.47 Å². The summed E-state index contributed by atoms with van der Waals surface area (Å²) in [5.41, 5.74) is 2.23. The molecule has 0 radical (unpaired) electrons. The maximum Gasteiger partial charge on any atom is 0.338 e. The third-order valence-corrected chi connectivity index (χ3v) is 6.63. The third-order valence-electron chi connectivity index (χ3n) is 5.12. The number of ether oxygens (including phenoxy) is 2. The molecule has 0 N–H and O–H groups in total. The zero-order valence-electron chi connectivity index (χ0n) is 17.8. The molecule has 0 saturated carbocycles. The van der Waals surface area contributed by atoms with Crippen LogP contribution in [0.15, 0.2) is 74.1 Å². The number of allylic oxidation sites excluding steroid dienone is 1. The Balaban J connectivity index is 1.98. The van der Waals surface area contributed by atoms with E-state index in [-0.39, 0.29) is 12.2 Å². The Morgan fingerprint density at radius 2 is 1.94 bits per heavy atom. The predicted octanol–water partition coefficient (Wildman–Crippen LogP) is 3.57. The first-order valence-corrected chi connectivity index (χ1v) is 11.6. The molecule has 2 heterocycles. The Morgan fingerprint density at radius 3 is 2.62 bits per heavy atom. The maximum atomic E-state index is 13.6. The molecule has 8 heteroatoms. The average molecular weight is 513 g/mol. The van der Waals surface area contributed by atoms with Crippen LogP contribution in [0.4, 0.5) is 0 Å². The fourth-order valence-corrected chi connectivity index (χ4v) is 5.00. The Morgan fingerprint density at radius 1 is 1.22 bits per heavy atom. The van der Waals surface area contributed by atoms with Gasteiger partial charge >= 0.3 is 5.97 Å². The van der Waals surface area contributed by atoms with Crippen LogP contribution in [-0.4, -0.2) is 24.3 Å². The van der Waals surface area contributed by atoms with Crippen molar-refractivity contribution in [2.24, 2.45) is 4.99 Å². The molecule has 3 aromatic rings. The molecular weight excluding hydrogens is 492 g/mol. The minimum Gasteiger partial charge on any atom is -0.496 e. The number of fused-ring (bicyclic) bond motifs is 1. The highest BCUT2D eigenvalue weighted by Crippen LogP contribution is 2.35. The van der Waals surface area contributed by atoms with E-state index in [9.17, 15) is 9.59 Å². The lowest BCUT2D eigenvalue weighted by molar-refractivity contribution is -0.139. The summed E-state index contributed by atoms with van der Waals surface area (Å²) in [6, 6.07) is 14.4. The topological polar surface area (TPSA) is 69.9 Å². The Bertz CT molecular complexity index is 1390. The second kappa shape index (κ2) is 9.26. The third kappa shape index (κ3) is 4.08. The Labute approximate surface area is 197 Å². The summed E-state index contributed by atoms with van der Waals surface area (Å²) in [7, 11) is 1.57. The van der Waals surface area contributed by atoms with Crippen LogP contribution in [0.3, 0.4) is 0 Å². The molecule has 4 rings (SSSR count). The van der Waals surface area contributed by atoms with Gasteiger partial charge in [-0.2, -0.15) is 0 Å². The van der Waals surface area contributed by atoms with Crippen molar-refractivity contribution in [3.8, 4) is 5.75 Å². The monoisotopic (exact) mass is 512 g/mol. The summed E-state index contributed by atoms with van der Waals surface area (Å²) < 4.78 is 13.9. The number of hydrogen-bond donors (Lipinski definition) is 0. The van der Waals surface area contributed by atoms with Crippen LogP contribution in [0, 0.1) is 0 Å². The van der Waals surface area contributed by atoms with Gasteiger partial charge in [-0.3, -0.25) is 9.36 Å². The minimum atomic E-state index is -0.700. The molecule has 32 heavy (non-hydrogen) atoms. The van der Waals surface area contributed by atoms with Gasteiger partial charge in [0, 0.05) is 10.0 Å². The Hall–Kier alpha value is -2.97. The van der Waals surface area contributed by atoms with Crippen molar-refractivity contribution in [2.75, 3.05) is 13.7 Å². The average Bonchev–Trinajstić information content (AvgIpc) is 3.09. The van der Waals surface area contributed by atoms with Gasteiger partial charge in [0.2, 0.25) is 0 Å². The van der Waals surface area contributed by atoms with Crippen LogP contribution < -0.4 is 19.6 Å². The fourth-order valence-electron chi connectivity index (χ4n) is 3.69. The number of rotatable bonds is 5. The first kappa shape index (κ1) is 22.2. The second-order valence-corrected chi connectivity index (χ2v) is 9.02. The lowest BCUT2D eigenvalue weighted by atomic mass is 9.95. The highest BCUT2D eigenvalue weighted by atomic mass is 79.9. The van der Waals surface area contributed by atoms with E-state index < -0.39 is 12.0 Å². The smallest absolute Gasteiger partial charge is 0.338 e. The normalized spacial score (nSPS) is 15.9. The highest BCUT2D eigenvalue weighted by Gasteiger charge is 2.34. The molecule has 0 aliphatic carbocycles. The summed E-state index contributed by atoms with van der Waals surface area (Å²) in [5.74, 6) is 0.0864. The first-order chi connectivity index (χ1) is 15.4. The number of para-hydroxylation sites is 1. The number of nitrogens with zero attached hydrogens (tertiary/aromatic N) is 2. The van der Waals surface area contributed by atoms with Crippen LogP contribution in [0.5, 0.6) is 5.75 Å². The number of halogens is 1. The second-order valence-electron chi connectivity index (χ2n) is 7.10. The van der Waals surface area contributed by atoms with Crippen LogP contribution in [0.2, 0.25) is 0 Å². The molecule has 1 atom stereocenters. The molecule has 1 aliphatic rings. The molecule has 0 fully saturated rings. The standard InChI is InChI=1S/C24H21BrN2O4S/c1-4-31-23(29)20-14(2)26-24-27(21(20)17-7-5-6-8-18(17)30-3)22(28)19(32-24)13-15-9-11-16(25)12-10-15/h5-13,21H,4H2,1-3H3/b19-13-. The number of hydrogen-bond acceptors (Lipinski definition) is 6. The molecule has 0 amide bonds. The van der Waals surface area contributed by atoms with Crippen molar-refractivity contribution in [2.45, 2.75) is 19.9 Å². The SMILES string of the molecule is CCOC(=O)C1=C(C)N=c2s/c(=C\c3ccc(Br)cc3)c(=O)n2C1c1ccccc1OC. The minimum absolute atomic E-state index is 0.220. The fraction of sp³-hybridized carbons (Fsp3) is 0.208. The summed E-state index contributed by atoms with van der Waals surface area (Å²) in [4.78, 5) is 31.6. The van der Waals surface area contributed by atoms with E-state index in [1.165, 1.54) is 11.3 Å². The molecule has 1 aliphatic heterocycles. The number of aromatic nitrogens is 1. The van der Waals surface area contributed by atoms with Gasteiger partial charge in [-0.15, -0.1) is 0 Å². The number of esters is 1. The van der Waals surface area contributed by atoms with E-state index in [0.29, 0.717) is 31.9 Å². The maximum absolute atomic E-state index is 13.6. The molecule has 6 nitrogen and oxygen atoms in total. The van der Waals surface area contributed by atoms with Crippen LogP contribution in [0.1, 0.15) is 31.0 Å². The largest absolute Gasteiger partial charge is 0.496 e. The van der Waals surface area contributed by atoms with Crippen LogP contribution in [-0.2, 0) is 9.53 Å². The molecular formula is C24H21BrN2O4S. The molecule has 0 saturated heterocycles. The molecule has 0 spiro atoms. The van der Waals surface area contributed by atoms with E-state index in [1.807, 2.05) is 54.6 Å².